The van der Waals surface area contributed by atoms with E-state index in [9.17, 15) is 22.4 Å². The number of hydrogen-bond acceptors (Lipinski definition) is 4. The first kappa shape index (κ1) is 16.5. The number of ether oxygens (including phenoxy) is 1. The number of aromatic nitrogens is 1. The summed E-state index contributed by atoms with van der Waals surface area (Å²) in [6, 6.07) is 4.10. The Morgan fingerprint density at radius 2 is 1.91 bits per heavy atom. The van der Waals surface area contributed by atoms with Crippen LogP contribution in [-0.2, 0) is 6.54 Å². The van der Waals surface area contributed by atoms with Crippen molar-refractivity contribution in [3.05, 3.63) is 53.2 Å². The Kier molecular flexibility index (Phi) is 4.99. The molecule has 0 aliphatic rings. The third-order valence-corrected chi connectivity index (χ3v) is 2.77. The second-order valence-electron chi connectivity index (χ2n) is 4.41. The van der Waals surface area contributed by atoms with Gasteiger partial charge >= 0.3 is 6.61 Å². The highest BCUT2D eigenvalue weighted by atomic mass is 19.3. The van der Waals surface area contributed by atoms with Crippen LogP contribution in [0.1, 0.15) is 15.9 Å². The number of nitrogens with one attached hydrogen (secondary N) is 1. The van der Waals surface area contributed by atoms with Gasteiger partial charge in [0.1, 0.15) is 28.8 Å². The Morgan fingerprint density at radius 3 is 2.43 bits per heavy atom. The molecule has 1 aromatic carbocycles. The molecule has 0 aliphatic heterocycles. The van der Waals surface area contributed by atoms with Gasteiger partial charge in [-0.05, 0) is 11.6 Å². The first-order valence-corrected chi connectivity index (χ1v) is 6.29. The maximum absolute atomic E-state index is 13.7. The van der Waals surface area contributed by atoms with Crippen molar-refractivity contribution in [2.24, 2.45) is 0 Å². The van der Waals surface area contributed by atoms with E-state index in [0.29, 0.717) is 17.7 Å². The molecule has 0 radical (unpaired) electrons. The first-order chi connectivity index (χ1) is 10.9. The molecule has 122 valence electrons. The standard InChI is InChI=1S/C14H11F4N3O2/c15-9-3-8(23-14(17)18)4-10(16)12(9)13(22)21-6-7-1-2-11(19)20-5-7/h1-5,14H,6H2,(H2,19,20)(H,21,22). The van der Waals surface area contributed by atoms with Crippen molar-refractivity contribution >= 4 is 11.7 Å². The van der Waals surface area contributed by atoms with Gasteiger partial charge in [-0.25, -0.2) is 13.8 Å². The van der Waals surface area contributed by atoms with E-state index in [4.69, 9.17) is 5.73 Å². The number of benzene rings is 1. The third kappa shape index (κ3) is 4.31. The summed E-state index contributed by atoms with van der Waals surface area (Å²) in [6.45, 7) is -3.27. The van der Waals surface area contributed by atoms with E-state index in [0.717, 1.165) is 0 Å². The molecular weight excluding hydrogens is 318 g/mol. The van der Waals surface area contributed by atoms with Gasteiger partial charge in [-0.2, -0.15) is 8.78 Å². The summed E-state index contributed by atoms with van der Waals surface area (Å²) in [7, 11) is 0. The normalized spacial score (nSPS) is 10.7. The topological polar surface area (TPSA) is 77.2 Å². The van der Waals surface area contributed by atoms with E-state index in [1.807, 2.05) is 0 Å². The molecule has 1 heterocycles. The predicted octanol–water partition coefficient (Wildman–Crippen LogP) is 2.47. The van der Waals surface area contributed by atoms with E-state index >= 15 is 0 Å². The molecule has 2 rings (SSSR count). The number of rotatable bonds is 5. The maximum atomic E-state index is 13.7. The summed E-state index contributed by atoms with van der Waals surface area (Å²) >= 11 is 0. The van der Waals surface area contributed by atoms with Crippen LogP contribution < -0.4 is 15.8 Å². The van der Waals surface area contributed by atoms with Crippen molar-refractivity contribution in [1.29, 1.82) is 0 Å². The van der Waals surface area contributed by atoms with Gasteiger partial charge in [0.05, 0.1) is 0 Å². The molecule has 23 heavy (non-hydrogen) atoms. The number of alkyl halides is 2. The van der Waals surface area contributed by atoms with E-state index in [1.54, 1.807) is 6.07 Å². The lowest BCUT2D eigenvalue weighted by atomic mass is 10.1. The van der Waals surface area contributed by atoms with E-state index in [-0.39, 0.29) is 12.4 Å². The lowest BCUT2D eigenvalue weighted by Gasteiger charge is -2.10. The SMILES string of the molecule is Nc1ccc(CNC(=O)c2c(F)cc(OC(F)F)cc2F)cn1. The minimum Gasteiger partial charge on any atom is -0.435 e. The maximum Gasteiger partial charge on any atom is 0.387 e. The number of carbonyl (C=O) groups excluding carboxylic acids is 1. The van der Waals surface area contributed by atoms with Gasteiger partial charge in [-0.15, -0.1) is 0 Å². The van der Waals surface area contributed by atoms with Gasteiger partial charge < -0.3 is 15.8 Å². The summed E-state index contributed by atoms with van der Waals surface area (Å²) in [5.74, 6) is -4.09. The van der Waals surface area contributed by atoms with E-state index in [1.165, 1.54) is 12.3 Å². The Balaban J connectivity index is 2.11. The highest BCUT2D eigenvalue weighted by molar-refractivity contribution is 5.94. The summed E-state index contributed by atoms with van der Waals surface area (Å²) < 4.78 is 55.4. The zero-order valence-corrected chi connectivity index (χ0v) is 11.5. The minimum atomic E-state index is -3.23. The summed E-state index contributed by atoms with van der Waals surface area (Å²) in [5.41, 5.74) is 5.07. The fraction of sp³-hybridized carbons (Fsp3) is 0.143. The largest absolute Gasteiger partial charge is 0.435 e. The number of amides is 1. The first-order valence-electron chi connectivity index (χ1n) is 6.29. The summed E-state index contributed by atoms with van der Waals surface area (Å²) in [5, 5.41) is 2.29. The van der Waals surface area contributed by atoms with Crippen molar-refractivity contribution in [3.63, 3.8) is 0 Å². The van der Waals surface area contributed by atoms with Gasteiger partial charge in [0.25, 0.3) is 5.91 Å². The van der Waals surface area contributed by atoms with Gasteiger partial charge in [-0.1, -0.05) is 6.07 Å². The fourth-order valence-corrected chi connectivity index (χ4v) is 1.75. The van der Waals surface area contributed by atoms with Crippen molar-refractivity contribution in [2.45, 2.75) is 13.2 Å². The van der Waals surface area contributed by atoms with E-state index in [2.05, 4.69) is 15.0 Å². The molecule has 0 saturated carbocycles. The molecule has 2 aromatic rings. The average Bonchev–Trinajstić information content (AvgIpc) is 2.45. The quantitative estimate of drug-likeness (QED) is 0.826. The molecule has 3 N–H and O–H groups in total. The lowest BCUT2D eigenvalue weighted by molar-refractivity contribution is -0.0501. The van der Waals surface area contributed by atoms with Crippen LogP contribution in [0.4, 0.5) is 23.4 Å². The molecule has 0 fully saturated rings. The molecule has 0 aliphatic carbocycles. The number of anilines is 1. The zero-order chi connectivity index (χ0) is 17.0. The van der Waals surface area contributed by atoms with Gasteiger partial charge in [0.2, 0.25) is 0 Å². The molecule has 9 heteroatoms. The predicted molar refractivity (Wildman–Crippen MR) is 72.8 cm³/mol. The smallest absolute Gasteiger partial charge is 0.387 e. The van der Waals surface area contributed by atoms with Crippen LogP contribution in [0.15, 0.2) is 30.5 Å². The molecule has 1 aromatic heterocycles. The number of nitrogens with zero attached hydrogens (tertiary/aromatic N) is 1. The minimum absolute atomic E-state index is 0.0414. The van der Waals surface area contributed by atoms with Gasteiger partial charge in [0, 0.05) is 24.9 Å². The molecule has 5 nitrogen and oxygen atoms in total. The highest BCUT2D eigenvalue weighted by Crippen LogP contribution is 2.22. The van der Waals surface area contributed by atoms with Gasteiger partial charge in [-0.3, -0.25) is 4.79 Å². The third-order valence-electron chi connectivity index (χ3n) is 2.77. The molecule has 1 amide bonds. The second-order valence-corrected chi connectivity index (χ2v) is 4.41. The second kappa shape index (κ2) is 6.95. The molecule has 0 bridgehead atoms. The van der Waals surface area contributed by atoms with Crippen molar-refractivity contribution < 1.29 is 27.1 Å². The molecule has 0 atom stereocenters. The van der Waals surface area contributed by atoms with Crippen LogP contribution in [0.3, 0.4) is 0 Å². The number of carbonyl (C=O) groups is 1. The van der Waals surface area contributed by atoms with Crippen LogP contribution in [0.25, 0.3) is 0 Å². The van der Waals surface area contributed by atoms with Crippen LogP contribution >= 0.6 is 0 Å². The number of halogens is 4. The molecule has 0 unspecified atom stereocenters. The Hall–Kier alpha value is -2.84. The summed E-state index contributed by atoms with van der Waals surface area (Å²) in [4.78, 5) is 15.6. The fourth-order valence-electron chi connectivity index (χ4n) is 1.75. The Morgan fingerprint density at radius 1 is 1.26 bits per heavy atom. The van der Waals surface area contributed by atoms with Crippen LogP contribution in [0, 0.1) is 11.6 Å². The average molecular weight is 329 g/mol. The lowest BCUT2D eigenvalue weighted by Crippen LogP contribution is -2.25. The Labute approximate surface area is 128 Å². The molecule has 0 saturated heterocycles. The van der Waals surface area contributed by atoms with Crippen LogP contribution in [0.5, 0.6) is 5.75 Å². The Bertz CT molecular complexity index is 685. The van der Waals surface area contributed by atoms with Crippen molar-refractivity contribution in [1.82, 2.24) is 10.3 Å². The summed E-state index contributed by atoms with van der Waals surface area (Å²) in [6.07, 6.45) is 1.39. The number of pyridine rings is 1. The van der Waals surface area contributed by atoms with E-state index < -0.39 is 35.5 Å². The van der Waals surface area contributed by atoms with Crippen LogP contribution in [-0.4, -0.2) is 17.5 Å². The van der Waals surface area contributed by atoms with Crippen LogP contribution in [0.2, 0.25) is 0 Å². The number of nitrogens with two attached hydrogens (primary N) is 1. The van der Waals surface area contributed by atoms with Crippen molar-refractivity contribution in [2.75, 3.05) is 5.73 Å². The van der Waals surface area contributed by atoms with Gasteiger partial charge in [0.15, 0.2) is 0 Å². The zero-order valence-electron chi connectivity index (χ0n) is 11.5. The highest BCUT2D eigenvalue weighted by Gasteiger charge is 2.20. The molecule has 0 spiro atoms. The van der Waals surface area contributed by atoms with Crippen molar-refractivity contribution in [3.8, 4) is 5.75 Å². The molecular formula is C14H11F4N3O2. The number of hydrogen-bond donors (Lipinski definition) is 2. The number of nitrogen functional groups attached to an aromatic ring is 1. The monoisotopic (exact) mass is 329 g/mol.